The Kier molecular flexibility index (Phi) is 4.83. The number of nitrogens with zero attached hydrogens (tertiary/aromatic N) is 1. The van der Waals surface area contributed by atoms with Crippen molar-refractivity contribution in [1.82, 2.24) is 4.90 Å². The van der Waals surface area contributed by atoms with Gasteiger partial charge >= 0.3 is 0 Å². The van der Waals surface area contributed by atoms with Crippen molar-refractivity contribution in [2.45, 2.75) is 26.5 Å². The van der Waals surface area contributed by atoms with Crippen LogP contribution >= 0.6 is 0 Å². The van der Waals surface area contributed by atoms with Gasteiger partial charge < -0.3 is 9.64 Å². The van der Waals surface area contributed by atoms with E-state index in [0.717, 1.165) is 29.0 Å². The van der Waals surface area contributed by atoms with Gasteiger partial charge in [0.15, 0.2) is 11.6 Å². The Hall–Kier alpha value is -2.69. The standard InChI is InChI=1S/C20H19F2NO2/c1-13-3-7-19-16(9-13)12-23(11-14(2)25-19)20(24)8-5-15-4-6-17(21)18(22)10-15/h3-10,14H,11-12H2,1-2H3/b8-5+. The normalized spacial score (nSPS) is 17.1. The van der Waals surface area contributed by atoms with Crippen molar-refractivity contribution in [2.24, 2.45) is 0 Å². The Morgan fingerprint density at radius 1 is 1.20 bits per heavy atom. The fraction of sp³-hybridized carbons (Fsp3) is 0.250. The molecule has 1 heterocycles. The number of aryl methyl sites for hydroxylation is 1. The van der Waals surface area contributed by atoms with Crippen LogP contribution in [-0.2, 0) is 11.3 Å². The molecule has 1 aliphatic heterocycles. The highest BCUT2D eigenvalue weighted by Gasteiger charge is 2.22. The molecular weight excluding hydrogens is 324 g/mol. The number of benzene rings is 2. The van der Waals surface area contributed by atoms with Crippen LogP contribution in [0.2, 0.25) is 0 Å². The highest BCUT2D eigenvalue weighted by atomic mass is 19.2. The van der Waals surface area contributed by atoms with Gasteiger partial charge in [0.1, 0.15) is 11.9 Å². The number of ether oxygens (including phenoxy) is 1. The third kappa shape index (κ3) is 4.05. The Bertz CT molecular complexity index is 832. The van der Waals surface area contributed by atoms with E-state index < -0.39 is 11.6 Å². The largest absolute Gasteiger partial charge is 0.489 e. The van der Waals surface area contributed by atoms with Gasteiger partial charge in [-0.1, -0.05) is 23.8 Å². The van der Waals surface area contributed by atoms with E-state index >= 15 is 0 Å². The van der Waals surface area contributed by atoms with Crippen molar-refractivity contribution in [3.8, 4) is 5.75 Å². The first kappa shape index (κ1) is 17.1. The summed E-state index contributed by atoms with van der Waals surface area (Å²) in [4.78, 5) is 14.2. The maximum Gasteiger partial charge on any atom is 0.247 e. The monoisotopic (exact) mass is 343 g/mol. The molecule has 130 valence electrons. The van der Waals surface area contributed by atoms with E-state index in [0.29, 0.717) is 18.7 Å². The van der Waals surface area contributed by atoms with Crippen LogP contribution in [0.5, 0.6) is 5.75 Å². The predicted molar refractivity (Wildman–Crippen MR) is 92.1 cm³/mol. The molecule has 0 aromatic heterocycles. The van der Waals surface area contributed by atoms with Gasteiger partial charge in [0.05, 0.1) is 6.54 Å². The van der Waals surface area contributed by atoms with Crippen LogP contribution in [0, 0.1) is 18.6 Å². The van der Waals surface area contributed by atoms with Gasteiger partial charge in [-0.15, -0.1) is 0 Å². The summed E-state index contributed by atoms with van der Waals surface area (Å²) in [5, 5.41) is 0. The van der Waals surface area contributed by atoms with Gasteiger partial charge in [-0.3, -0.25) is 4.79 Å². The topological polar surface area (TPSA) is 29.5 Å². The van der Waals surface area contributed by atoms with Crippen LogP contribution in [0.3, 0.4) is 0 Å². The average Bonchev–Trinajstić information content (AvgIpc) is 2.73. The minimum Gasteiger partial charge on any atom is -0.489 e. The summed E-state index contributed by atoms with van der Waals surface area (Å²) in [5.74, 6) is -1.25. The molecule has 0 N–H and O–H groups in total. The zero-order chi connectivity index (χ0) is 18.0. The van der Waals surface area contributed by atoms with E-state index in [9.17, 15) is 13.6 Å². The lowest BCUT2D eigenvalue weighted by Gasteiger charge is -2.20. The van der Waals surface area contributed by atoms with Crippen LogP contribution in [0.1, 0.15) is 23.6 Å². The molecule has 0 aliphatic carbocycles. The lowest BCUT2D eigenvalue weighted by atomic mass is 10.1. The number of halogens is 2. The second-order valence-electron chi connectivity index (χ2n) is 6.27. The highest BCUT2D eigenvalue weighted by Crippen LogP contribution is 2.26. The van der Waals surface area contributed by atoms with Crippen LogP contribution in [0.4, 0.5) is 8.78 Å². The number of hydrogen-bond donors (Lipinski definition) is 0. The number of fused-ring (bicyclic) bond motifs is 1. The van der Waals surface area contributed by atoms with Gasteiger partial charge in [0, 0.05) is 18.2 Å². The molecule has 5 heteroatoms. The highest BCUT2D eigenvalue weighted by molar-refractivity contribution is 5.91. The van der Waals surface area contributed by atoms with Crippen molar-refractivity contribution >= 4 is 12.0 Å². The molecule has 0 spiro atoms. The SMILES string of the molecule is Cc1ccc2c(c1)CN(C(=O)/C=C/c1ccc(F)c(F)c1)CC(C)O2. The fourth-order valence-corrected chi connectivity index (χ4v) is 2.84. The van der Waals surface area contributed by atoms with Crippen molar-refractivity contribution < 1.29 is 18.3 Å². The Balaban J connectivity index is 1.79. The van der Waals surface area contributed by atoms with Crippen molar-refractivity contribution in [3.05, 3.63) is 70.8 Å². The first-order valence-electron chi connectivity index (χ1n) is 8.10. The Morgan fingerprint density at radius 2 is 2.00 bits per heavy atom. The maximum atomic E-state index is 13.2. The number of carbonyl (C=O) groups is 1. The second-order valence-corrected chi connectivity index (χ2v) is 6.27. The third-order valence-electron chi connectivity index (χ3n) is 4.06. The maximum absolute atomic E-state index is 13.2. The summed E-state index contributed by atoms with van der Waals surface area (Å²) < 4.78 is 32.1. The summed E-state index contributed by atoms with van der Waals surface area (Å²) in [5.41, 5.74) is 2.49. The number of rotatable bonds is 2. The van der Waals surface area contributed by atoms with Crippen molar-refractivity contribution in [1.29, 1.82) is 0 Å². The quantitative estimate of drug-likeness (QED) is 0.769. The van der Waals surface area contributed by atoms with E-state index in [1.54, 1.807) is 4.90 Å². The third-order valence-corrected chi connectivity index (χ3v) is 4.06. The summed E-state index contributed by atoms with van der Waals surface area (Å²) in [7, 11) is 0. The molecule has 0 saturated carbocycles. The van der Waals surface area contributed by atoms with E-state index in [2.05, 4.69) is 0 Å². The molecule has 0 bridgehead atoms. The lowest BCUT2D eigenvalue weighted by molar-refractivity contribution is -0.127. The van der Waals surface area contributed by atoms with E-state index in [4.69, 9.17) is 4.74 Å². The summed E-state index contributed by atoms with van der Waals surface area (Å²) in [6, 6.07) is 9.44. The minimum absolute atomic E-state index is 0.135. The molecule has 0 saturated heterocycles. The zero-order valence-electron chi connectivity index (χ0n) is 14.1. The number of amides is 1. The zero-order valence-corrected chi connectivity index (χ0v) is 14.1. The summed E-state index contributed by atoms with van der Waals surface area (Å²) in [6.07, 6.45) is 2.73. The van der Waals surface area contributed by atoms with Gasteiger partial charge in [-0.25, -0.2) is 8.78 Å². The van der Waals surface area contributed by atoms with Crippen LogP contribution < -0.4 is 4.74 Å². The Labute approximate surface area is 145 Å². The summed E-state index contributed by atoms with van der Waals surface area (Å²) >= 11 is 0. The first-order chi connectivity index (χ1) is 11.9. The molecule has 2 aromatic rings. The molecule has 1 aliphatic rings. The lowest BCUT2D eigenvalue weighted by Crippen LogP contribution is -2.34. The second kappa shape index (κ2) is 7.05. The van der Waals surface area contributed by atoms with Gasteiger partial charge in [0.2, 0.25) is 5.91 Å². The van der Waals surface area contributed by atoms with Gasteiger partial charge in [0.25, 0.3) is 0 Å². The van der Waals surface area contributed by atoms with Gasteiger partial charge in [-0.2, -0.15) is 0 Å². The smallest absolute Gasteiger partial charge is 0.247 e. The number of carbonyl (C=O) groups excluding carboxylic acids is 1. The molecule has 0 fully saturated rings. The van der Waals surface area contributed by atoms with Crippen molar-refractivity contribution in [2.75, 3.05) is 6.54 Å². The summed E-state index contributed by atoms with van der Waals surface area (Å²) in [6.45, 7) is 4.80. The first-order valence-corrected chi connectivity index (χ1v) is 8.10. The molecule has 1 atom stereocenters. The van der Waals surface area contributed by atoms with Crippen molar-refractivity contribution in [3.63, 3.8) is 0 Å². The Morgan fingerprint density at radius 3 is 2.76 bits per heavy atom. The van der Waals surface area contributed by atoms with Crippen LogP contribution in [0.15, 0.2) is 42.5 Å². The predicted octanol–water partition coefficient (Wildman–Crippen LogP) is 4.10. The average molecular weight is 343 g/mol. The van der Waals surface area contributed by atoms with Crippen LogP contribution in [-0.4, -0.2) is 23.5 Å². The van der Waals surface area contributed by atoms with E-state index in [-0.39, 0.29) is 12.0 Å². The minimum atomic E-state index is -0.934. The van der Waals surface area contributed by atoms with E-state index in [1.165, 1.54) is 18.2 Å². The molecular formula is C20H19F2NO2. The molecule has 3 rings (SSSR count). The van der Waals surface area contributed by atoms with Crippen LogP contribution in [0.25, 0.3) is 6.08 Å². The molecule has 0 radical (unpaired) electrons. The fourth-order valence-electron chi connectivity index (χ4n) is 2.84. The van der Waals surface area contributed by atoms with Gasteiger partial charge in [-0.05, 0) is 43.7 Å². The molecule has 25 heavy (non-hydrogen) atoms. The number of hydrogen-bond acceptors (Lipinski definition) is 2. The van der Waals surface area contributed by atoms with E-state index in [1.807, 2.05) is 32.0 Å². The molecule has 3 nitrogen and oxygen atoms in total. The molecule has 1 unspecified atom stereocenters. The molecule has 2 aromatic carbocycles. The molecule has 1 amide bonds.